The lowest BCUT2D eigenvalue weighted by Gasteiger charge is -2.10. The highest BCUT2D eigenvalue weighted by molar-refractivity contribution is 14.1. The van der Waals surface area contributed by atoms with E-state index in [0.29, 0.717) is 5.56 Å². The van der Waals surface area contributed by atoms with E-state index in [1.54, 1.807) is 25.1 Å². The second-order valence-corrected chi connectivity index (χ2v) is 5.38. The minimum Gasteiger partial charge on any atom is -0.390 e. The smallest absolute Gasteiger partial charge is 0.319 e. The number of halogens is 1. The van der Waals surface area contributed by atoms with Crippen LogP contribution in [0.5, 0.6) is 0 Å². The molecule has 1 rings (SSSR count). The van der Waals surface area contributed by atoms with Gasteiger partial charge in [0.2, 0.25) is 0 Å². The highest BCUT2D eigenvalue weighted by Crippen LogP contribution is 2.19. The van der Waals surface area contributed by atoms with Crippen LogP contribution in [0.3, 0.4) is 0 Å². The number of hydrogen-bond acceptors (Lipinski definition) is 4. The van der Waals surface area contributed by atoms with E-state index in [9.17, 15) is 9.59 Å². The summed E-state index contributed by atoms with van der Waals surface area (Å²) in [5, 5.41) is 5.79. The molecule has 0 saturated heterocycles. The topological polar surface area (TPSA) is 93.8 Å². The molecule has 0 spiro atoms. The van der Waals surface area contributed by atoms with Crippen LogP contribution < -0.4 is 11.1 Å². The Balaban J connectivity index is 2.89. The van der Waals surface area contributed by atoms with Gasteiger partial charge in [-0.15, -0.1) is 0 Å². The van der Waals surface area contributed by atoms with E-state index < -0.39 is 11.9 Å². The Kier molecular flexibility index (Phi) is 6.16. The minimum absolute atomic E-state index is 0.137. The first-order valence-corrected chi connectivity index (χ1v) is 6.69. The molecule has 20 heavy (non-hydrogen) atoms. The zero-order valence-corrected chi connectivity index (χ0v) is 13.0. The number of carbonyl (C=O) groups excluding carboxylic acids is 2. The van der Waals surface area contributed by atoms with Crippen LogP contribution >= 0.6 is 22.6 Å². The van der Waals surface area contributed by atoms with Crippen molar-refractivity contribution in [2.75, 3.05) is 0 Å². The summed E-state index contributed by atoms with van der Waals surface area (Å²) in [6.07, 6.45) is 0. The van der Waals surface area contributed by atoms with Crippen LogP contribution in [0.25, 0.3) is 5.57 Å². The van der Waals surface area contributed by atoms with E-state index in [0.717, 1.165) is 9.28 Å². The number of nitrogens with two attached hydrogens (primary N) is 1. The summed E-state index contributed by atoms with van der Waals surface area (Å²) in [4.78, 5) is 27.5. The third-order valence-electron chi connectivity index (χ3n) is 2.26. The molecule has 0 saturated carbocycles. The number of oxime groups is 1. The molecule has 0 radical (unpaired) electrons. The van der Waals surface area contributed by atoms with Gasteiger partial charge in [-0.1, -0.05) is 36.0 Å². The minimum atomic E-state index is -0.921. The van der Waals surface area contributed by atoms with Gasteiger partial charge in [-0.25, -0.2) is 4.79 Å². The Bertz CT molecular complexity index is 566. The van der Waals surface area contributed by atoms with Crippen LogP contribution in [0.2, 0.25) is 0 Å². The van der Waals surface area contributed by atoms with E-state index in [1.165, 1.54) is 0 Å². The van der Waals surface area contributed by atoms with Crippen LogP contribution in [-0.4, -0.2) is 15.7 Å². The lowest BCUT2D eigenvalue weighted by atomic mass is 10.0. The van der Waals surface area contributed by atoms with Gasteiger partial charge in [0.1, 0.15) is 10.3 Å². The molecule has 0 heterocycles. The average Bonchev–Trinajstić information content (AvgIpc) is 2.37. The quantitative estimate of drug-likeness (QED) is 0.351. The molecule has 7 heteroatoms. The first-order chi connectivity index (χ1) is 9.41. The number of hydrogen-bond donors (Lipinski definition) is 2. The van der Waals surface area contributed by atoms with E-state index >= 15 is 0 Å². The number of benzene rings is 1. The predicted molar refractivity (Wildman–Crippen MR) is 85.1 cm³/mol. The number of nitrogens with one attached hydrogen (secondary N) is 1. The fourth-order valence-electron chi connectivity index (χ4n) is 1.44. The maximum Gasteiger partial charge on any atom is 0.319 e. The number of carbonyl (C=O) groups is 2. The van der Waals surface area contributed by atoms with Gasteiger partial charge in [0.05, 0.1) is 0 Å². The summed E-state index contributed by atoms with van der Waals surface area (Å²) in [5.74, 6) is -0.640. The van der Waals surface area contributed by atoms with Crippen molar-refractivity contribution >= 4 is 43.8 Å². The Morgan fingerprint density at radius 3 is 2.70 bits per heavy atom. The van der Waals surface area contributed by atoms with Gasteiger partial charge in [-0.2, -0.15) is 0 Å². The molecule has 0 aliphatic heterocycles. The maximum atomic E-state index is 11.7. The van der Waals surface area contributed by atoms with Crippen molar-refractivity contribution in [1.29, 1.82) is 0 Å². The van der Waals surface area contributed by atoms with Gasteiger partial charge in [-0.3, -0.25) is 10.1 Å². The zero-order chi connectivity index (χ0) is 15.1. The van der Waals surface area contributed by atoms with Crippen molar-refractivity contribution in [2.24, 2.45) is 10.9 Å². The molecule has 0 fully saturated rings. The molecule has 1 aromatic rings. The Labute approximate surface area is 130 Å². The van der Waals surface area contributed by atoms with Crippen LogP contribution in [-0.2, 0) is 16.2 Å². The van der Waals surface area contributed by atoms with Gasteiger partial charge >= 0.3 is 6.03 Å². The molecule has 0 bridgehead atoms. The third kappa shape index (κ3) is 5.00. The Morgan fingerprint density at radius 1 is 1.45 bits per heavy atom. The summed E-state index contributed by atoms with van der Waals surface area (Å²) < 4.78 is 0.755. The lowest BCUT2D eigenvalue weighted by Crippen LogP contribution is -2.35. The van der Waals surface area contributed by atoms with E-state index in [1.807, 2.05) is 34.0 Å². The number of nitrogens with zero attached hydrogens (tertiary/aromatic N) is 1. The highest BCUT2D eigenvalue weighted by atomic mass is 127. The summed E-state index contributed by atoms with van der Waals surface area (Å²) in [6.45, 7) is 5.66. The molecule has 0 aromatic heterocycles. The molecule has 3 N–H and O–H groups in total. The molecule has 1 aromatic carbocycles. The zero-order valence-electron chi connectivity index (χ0n) is 10.9. The van der Waals surface area contributed by atoms with Crippen molar-refractivity contribution < 1.29 is 14.4 Å². The molecule has 6 nitrogen and oxygen atoms in total. The van der Waals surface area contributed by atoms with Crippen molar-refractivity contribution in [2.45, 2.75) is 13.5 Å². The van der Waals surface area contributed by atoms with E-state index in [-0.39, 0.29) is 12.2 Å². The van der Waals surface area contributed by atoms with Crippen LogP contribution in [0, 0.1) is 0 Å². The monoisotopic (exact) mass is 387 g/mol. The number of urea groups is 1. The predicted octanol–water partition coefficient (Wildman–Crippen LogP) is 2.18. The third-order valence-corrected chi connectivity index (χ3v) is 2.46. The van der Waals surface area contributed by atoms with Crippen molar-refractivity contribution in [1.82, 2.24) is 5.32 Å². The first-order valence-electron chi connectivity index (χ1n) is 5.62. The number of rotatable bonds is 5. The molecule has 3 amide bonds. The van der Waals surface area contributed by atoms with Gasteiger partial charge < -0.3 is 10.6 Å². The van der Waals surface area contributed by atoms with Crippen LogP contribution in [0.1, 0.15) is 18.1 Å². The number of imide groups is 1. The van der Waals surface area contributed by atoms with Gasteiger partial charge in [0.25, 0.3) is 5.91 Å². The molecular formula is C13H14IN3O3. The Morgan fingerprint density at radius 2 is 2.10 bits per heavy atom. The van der Waals surface area contributed by atoms with Crippen LogP contribution in [0.15, 0.2) is 36.0 Å². The van der Waals surface area contributed by atoms with E-state index in [4.69, 9.17) is 10.6 Å². The molecule has 0 unspecified atom stereocenters. The van der Waals surface area contributed by atoms with E-state index in [2.05, 4.69) is 11.7 Å². The second kappa shape index (κ2) is 7.63. The first kappa shape index (κ1) is 16.2. The van der Waals surface area contributed by atoms with Gasteiger partial charge in [0.15, 0.2) is 0 Å². The van der Waals surface area contributed by atoms with Crippen molar-refractivity contribution in [3.63, 3.8) is 0 Å². The molecule has 0 atom stereocenters. The molecule has 106 valence electrons. The summed E-state index contributed by atoms with van der Waals surface area (Å²) in [6, 6.07) is 6.14. The summed E-state index contributed by atoms with van der Waals surface area (Å²) >= 11 is 2.02. The van der Waals surface area contributed by atoms with Gasteiger partial charge in [0, 0.05) is 5.57 Å². The van der Waals surface area contributed by atoms with Crippen molar-refractivity contribution in [3.8, 4) is 0 Å². The van der Waals surface area contributed by atoms with Gasteiger partial charge in [-0.05, 0) is 40.6 Å². The lowest BCUT2D eigenvalue weighted by molar-refractivity contribution is -0.114. The fraction of sp³-hybridized carbons (Fsp3) is 0.154. The Hall–Kier alpha value is -1.90. The second-order valence-electron chi connectivity index (χ2n) is 3.82. The standard InChI is InChI=1S/C13H14IN3O3/c1-8(12(18)16-13(15)19)11-6-4-3-5-10(11)7-20-17-9(2)14/h3-6H,1,7H2,2H3,(H3,15,16,18,19)/b17-9+. The van der Waals surface area contributed by atoms with Crippen LogP contribution in [0.4, 0.5) is 4.79 Å². The number of amides is 3. The summed E-state index contributed by atoms with van der Waals surface area (Å²) in [5.41, 5.74) is 6.35. The van der Waals surface area contributed by atoms with Crippen molar-refractivity contribution in [3.05, 3.63) is 42.0 Å². The SMILES string of the molecule is C=C(C(=O)NC(N)=O)c1ccccc1CO/N=C(\C)I. The fourth-order valence-corrected chi connectivity index (χ4v) is 1.58. The largest absolute Gasteiger partial charge is 0.390 e. The molecular weight excluding hydrogens is 373 g/mol. The molecule has 0 aliphatic rings. The summed E-state index contributed by atoms with van der Waals surface area (Å²) in [7, 11) is 0. The normalized spacial score (nSPS) is 10.8. The molecule has 0 aliphatic carbocycles. The maximum absolute atomic E-state index is 11.7. The average molecular weight is 387 g/mol. The number of primary amides is 1. The highest BCUT2D eigenvalue weighted by Gasteiger charge is 2.14.